The number of nitrogens with zero attached hydrogens (tertiary/aromatic N) is 4. The summed E-state index contributed by atoms with van der Waals surface area (Å²) in [5.41, 5.74) is 3.99. The van der Waals surface area contributed by atoms with E-state index in [1.807, 2.05) is 24.3 Å². The van der Waals surface area contributed by atoms with Gasteiger partial charge in [0.05, 0.1) is 18.2 Å². The second-order valence-electron chi connectivity index (χ2n) is 13.6. The van der Waals surface area contributed by atoms with Crippen molar-refractivity contribution < 1.29 is 22.7 Å². The van der Waals surface area contributed by atoms with Gasteiger partial charge in [0.25, 0.3) is 5.91 Å². The Hall–Kier alpha value is -3.41. The molecule has 1 N–H and O–H groups in total. The molecule has 1 aliphatic heterocycles. The van der Waals surface area contributed by atoms with Crippen molar-refractivity contribution in [1.82, 2.24) is 23.4 Å². The van der Waals surface area contributed by atoms with Gasteiger partial charge < -0.3 is 19.1 Å². The van der Waals surface area contributed by atoms with E-state index in [0.29, 0.717) is 12.5 Å². The Morgan fingerprint density at radius 3 is 2.33 bits per heavy atom. The van der Waals surface area contributed by atoms with E-state index in [4.69, 9.17) is 4.74 Å². The van der Waals surface area contributed by atoms with Crippen LogP contribution in [0.2, 0.25) is 0 Å². The predicted octanol–water partition coefficient (Wildman–Crippen LogP) is 4.85. The molecule has 2 aromatic carbocycles. The zero-order chi connectivity index (χ0) is 32.6. The van der Waals surface area contributed by atoms with Gasteiger partial charge in [0, 0.05) is 56.7 Å². The monoisotopic (exact) mass is 649 g/mol. The molecule has 11 heteroatoms. The smallest absolute Gasteiger partial charge is 0.303 e. The van der Waals surface area contributed by atoms with E-state index in [1.165, 1.54) is 26.1 Å². The number of hydrogen-bond acceptors (Lipinski definition) is 6. The molecule has 3 fully saturated rings. The SMILES string of the molecule is COc1ccc(-c2c(C3CCCCC3)c3ccc(C(=O)NS(=O)(=O)N(C)C)cc3n2CC2(C(=O)N3CCCN(C)CC3)CC2)cc1. The van der Waals surface area contributed by atoms with Gasteiger partial charge in [-0.1, -0.05) is 25.3 Å². The summed E-state index contributed by atoms with van der Waals surface area (Å²) in [6.07, 6.45) is 8.30. The summed E-state index contributed by atoms with van der Waals surface area (Å²) in [7, 11) is 2.57. The molecule has 0 unspecified atom stereocenters. The Labute approximate surface area is 272 Å². The van der Waals surface area contributed by atoms with Crippen molar-refractivity contribution in [2.75, 3.05) is 54.4 Å². The van der Waals surface area contributed by atoms with Gasteiger partial charge in [0.15, 0.2) is 0 Å². The Balaban J connectivity index is 1.50. The maximum Gasteiger partial charge on any atom is 0.303 e. The molecule has 0 bridgehead atoms. The van der Waals surface area contributed by atoms with Crippen molar-refractivity contribution in [2.24, 2.45) is 5.41 Å². The second-order valence-corrected chi connectivity index (χ2v) is 15.5. The zero-order valence-electron chi connectivity index (χ0n) is 27.5. The van der Waals surface area contributed by atoms with E-state index in [2.05, 4.69) is 38.3 Å². The van der Waals surface area contributed by atoms with Crippen molar-refractivity contribution in [3.63, 3.8) is 0 Å². The molecule has 2 saturated carbocycles. The van der Waals surface area contributed by atoms with Gasteiger partial charge in [-0.15, -0.1) is 0 Å². The number of aromatic nitrogens is 1. The molecule has 2 heterocycles. The summed E-state index contributed by atoms with van der Waals surface area (Å²) in [5, 5.41) is 1.06. The predicted molar refractivity (Wildman–Crippen MR) is 180 cm³/mol. The topological polar surface area (TPSA) is 104 Å². The molecule has 0 atom stereocenters. The lowest BCUT2D eigenvalue weighted by Crippen LogP contribution is -2.41. The van der Waals surface area contributed by atoms with Crippen LogP contribution in [0.4, 0.5) is 0 Å². The number of benzene rings is 2. The first-order valence-electron chi connectivity index (χ1n) is 16.6. The lowest BCUT2D eigenvalue weighted by Gasteiger charge is -2.28. The van der Waals surface area contributed by atoms with Crippen molar-refractivity contribution in [2.45, 2.75) is 63.8 Å². The van der Waals surface area contributed by atoms with Gasteiger partial charge in [-0.3, -0.25) is 9.59 Å². The highest BCUT2D eigenvalue weighted by molar-refractivity contribution is 7.87. The summed E-state index contributed by atoms with van der Waals surface area (Å²) >= 11 is 0. The van der Waals surface area contributed by atoms with Gasteiger partial charge in [-0.05, 0) is 99.1 Å². The number of carbonyl (C=O) groups is 2. The minimum Gasteiger partial charge on any atom is -0.497 e. The average molecular weight is 650 g/mol. The first-order chi connectivity index (χ1) is 22.0. The fourth-order valence-corrected chi connectivity index (χ4v) is 7.83. The number of hydrogen-bond donors (Lipinski definition) is 1. The van der Waals surface area contributed by atoms with E-state index >= 15 is 0 Å². The van der Waals surface area contributed by atoms with Crippen molar-refractivity contribution in [3.8, 4) is 17.0 Å². The van der Waals surface area contributed by atoms with Crippen LogP contribution in [0.15, 0.2) is 42.5 Å². The molecule has 3 aromatic rings. The molecular weight excluding hydrogens is 602 g/mol. The second kappa shape index (κ2) is 13.0. The van der Waals surface area contributed by atoms with Gasteiger partial charge in [-0.25, -0.2) is 4.72 Å². The number of carbonyl (C=O) groups excluding carboxylic acids is 2. The van der Waals surface area contributed by atoms with Crippen LogP contribution in [0.1, 0.15) is 73.2 Å². The van der Waals surface area contributed by atoms with E-state index in [0.717, 1.165) is 103 Å². The Bertz CT molecular complexity index is 1700. The van der Waals surface area contributed by atoms with Gasteiger partial charge in [-0.2, -0.15) is 12.7 Å². The first kappa shape index (κ1) is 32.5. The minimum absolute atomic E-state index is 0.218. The standard InChI is InChI=1S/C35H47N5O5S/c1-37(2)46(43,44)36-33(41)27-13-16-29-30(23-27)40(24-35(17-18-35)34(42)39-20-8-19-38(3)21-22-39)32(26-11-14-28(45-4)15-12-26)31(29)25-9-6-5-7-10-25/h11-16,23,25H,5-10,17-22,24H2,1-4H3,(H,36,41). The third-order valence-electron chi connectivity index (χ3n) is 10.2. The maximum atomic E-state index is 14.3. The van der Waals surface area contributed by atoms with Gasteiger partial charge in [0.2, 0.25) is 5.91 Å². The molecule has 0 spiro atoms. The van der Waals surface area contributed by atoms with E-state index in [9.17, 15) is 18.0 Å². The molecule has 10 nitrogen and oxygen atoms in total. The fourth-order valence-electron chi connectivity index (χ4n) is 7.29. The molecule has 248 valence electrons. The van der Waals surface area contributed by atoms with Crippen LogP contribution < -0.4 is 9.46 Å². The van der Waals surface area contributed by atoms with Crippen LogP contribution in [0, 0.1) is 5.41 Å². The van der Waals surface area contributed by atoms with Gasteiger partial charge >= 0.3 is 10.2 Å². The van der Waals surface area contributed by atoms with Crippen LogP contribution in [0.3, 0.4) is 0 Å². The average Bonchev–Trinajstić information content (AvgIpc) is 3.81. The quantitative estimate of drug-likeness (QED) is 0.356. The highest BCUT2D eigenvalue weighted by atomic mass is 32.2. The number of nitrogens with one attached hydrogen (secondary N) is 1. The van der Waals surface area contributed by atoms with Gasteiger partial charge in [0.1, 0.15) is 5.75 Å². The number of likely N-dealkylation sites (N-methyl/N-ethyl adjacent to an activating group) is 1. The summed E-state index contributed by atoms with van der Waals surface area (Å²) in [6.45, 7) is 3.85. The van der Waals surface area contributed by atoms with Crippen LogP contribution in [-0.4, -0.2) is 93.3 Å². The number of methoxy groups -OCH3 is 1. The maximum absolute atomic E-state index is 14.3. The van der Waals surface area contributed by atoms with E-state index in [-0.39, 0.29) is 11.5 Å². The van der Waals surface area contributed by atoms with Crippen LogP contribution in [0.5, 0.6) is 5.75 Å². The summed E-state index contributed by atoms with van der Waals surface area (Å²) in [6, 6.07) is 13.6. The minimum atomic E-state index is -3.97. The number of fused-ring (bicyclic) bond motifs is 1. The van der Waals surface area contributed by atoms with E-state index in [1.54, 1.807) is 13.2 Å². The number of ether oxygens (including phenoxy) is 1. The normalized spacial score (nSPS) is 19.3. The Morgan fingerprint density at radius 1 is 0.957 bits per heavy atom. The fraction of sp³-hybridized carbons (Fsp3) is 0.543. The highest BCUT2D eigenvalue weighted by Crippen LogP contribution is 2.52. The van der Waals surface area contributed by atoms with Crippen molar-refractivity contribution >= 4 is 32.9 Å². The third-order valence-corrected chi connectivity index (χ3v) is 11.6. The Morgan fingerprint density at radius 2 is 1.67 bits per heavy atom. The highest BCUT2D eigenvalue weighted by Gasteiger charge is 2.52. The van der Waals surface area contributed by atoms with Crippen LogP contribution >= 0.6 is 0 Å². The number of amides is 2. The van der Waals surface area contributed by atoms with Crippen molar-refractivity contribution in [3.05, 3.63) is 53.6 Å². The zero-order valence-corrected chi connectivity index (χ0v) is 28.4. The summed E-state index contributed by atoms with van der Waals surface area (Å²) < 4.78 is 36.0. The van der Waals surface area contributed by atoms with Crippen LogP contribution in [-0.2, 0) is 21.5 Å². The third kappa shape index (κ3) is 6.41. The molecule has 1 aromatic heterocycles. The summed E-state index contributed by atoms with van der Waals surface area (Å²) in [5.74, 6) is 0.650. The molecule has 1 saturated heterocycles. The van der Waals surface area contributed by atoms with E-state index < -0.39 is 21.5 Å². The van der Waals surface area contributed by atoms with Crippen molar-refractivity contribution in [1.29, 1.82) is 0 Å². The molecule has 6 rings (SSSR count). The first-order valence-corrected chi connectivity index (χ1v) is 18.0. The molecule has 3 aliphatic rings. The lowest BCUT2D eigenvalue weighted by molar-refractivity contribution is -0.137. The molecule has 2 aliphatic carbocycles. The number of rotatable bonds is 9. The molecule has 2 amide bonds. The van der Waals surface area contributed by atoms with Crippen LogP contribution in [0.25, 0.3) is 22.2 Å². The molecule has 46 heavy (non-hydrogen) atoms. The molecule has 0 radical (unpaired) electrons. The lowest BCUT2D eigenvalue weighted by atomic mass is 9.81. The summed E-state index contributed by atoms with van der Waals surface area (Å²) in [4.78, 5) is 31.9. The molecular formula is C35H47N5O5S. The largest absolute Gasteiger partial charge is 0.497 e. The Kier molecular flexibility index (Phi) is 9.20.